The Morgan fingerprint density at radius 1 is 1.05 bits per heavy atom. The average Bonchev–Trinajstić information content (AvgIpc) is 3.54. The smallest absolute Gasteiger partial charge is 0.261 e. The van der Waals surface area contributed by atoms with Gasteiger partial charge in [0, 0.05) is 30.2 Å². The number of pyridine rings is 1. The van der Waals surface area contributed by atoms with E-state index in [1.54, 1.807) is 17.8 Å². The van der Waals surface area contributed by atoms with Crippen LogP contribution in [0.4, 0.5) is 0 Å². The Bertz CT molecular complexity index is 1680. The molecular formula is C29H27N6OS-. The lowest BCUT2D eigenvalue weighted by molar-refractivity contribution is 0.475. The van der Waals surface area contributed by atoms with Crippen molar-refractivity contribution in [3.05, 3.63) is 117 Å². The minimum Gasteiger partial charge on any atom is -0.464 e. The van der Waals surface area contributed by atoms with Gasteiger partial charge >= 0.3 is 0 Å². The molecule has 1 aliphatic heterocycles. The maximum Gasteiger partial charge on any atom is 0.261 e. The molecule has 1 saturated carbocycles. The van der Waals surface area contributed by atoms with Crippen LogP contribution >= 0.6 is 11.8 Å². The second-order valence-corrected chi connectivity index (χ2v) is 10.5. The molecule has 2 aromatic carbocycles. The molecule has 1 aliphatic carbocycles. The second-order valence-electron chi connectivity index (χ2n) is 9.44. The van der Waals surface area contributed by atoms with E-state index < -0.39 is 0 Å². The highest BCUT2D eigenvalue weighted by atomic mass is 32.2. The molecule has 0 radical (unpaired) electrons. The first-order valence-electron chi connectivity index (χ1n) is 12.5. The van der Waals surface area contributed by atoms with E-state index in [9.17, 15) is 10.2 Å². The van der Waals surface area contributed by atoms with E-state index >= 15 is 0 Å². The van der Waals surface area contributed by atoms with Gasteiger partial charge in [-0.3, -0.25) is 19.3 Å². The summed E-state index contributed by atoms with van der Waals surface area (Å²) in [7, 11) is 1.74. The molecule has 1 fully saturated rings. The monoisotopic (exact) mass is 507 g/mol. The summed E-state index contributed by atoms with van der Waals surface area (Å²) in [5.74, 6) is 0. The zero-order valence-electron chi connectivity index (χ0n) is 20.5. The molecule has 6 rings (SSSR count). The number of nitrogens with zero attached hydrogens (tertiary/aromatic N) is 5. The van der Waals surface area contributed by atoms with Crippen molar-refractivity contribution in [2.24, 2.45) is 12.0 Å². The van der Waals surface area contributed by atoms with Crippen LogP contribution in [0.1, 0.15) is 30.9 Å². The van der Waals surface area contributed by atoms with Gasteiger partial charge in [-0.05, 0) is 54.2 Å². The Morgan fingerprint density at radius 2 is 1.84 bits per heavy atom. The van der Waals surface area contributed by atoms with Crippen LogP contribution in [0.5, 0.6) is 0 Å². The molecular weight excluding hydrogens is 480 g/mol. The van der Waals surface area contributed by atoms with Crippen molar-refractivity contribution in [1.29, 1.82) is 0 Å². The number of hydrogen-bond acceptors (Lipinski definition) is 5. The van der Waals surface area contributed by atoms with Crippen LogP contribution in [-0.2, 0) is 13.6 Å². The highest BCUT2D eigenvalue weighted by Gasteiger charge is 2.30. The fraction of sp³-hybridized carbons (Fsp3) is 0.241. The van der Waals surface area contributed by atoms with E-state index in [1.165, 1.54) is 11.8 Å². The molecule has 0 unspecified atom stereocenters. The molecule has 0 spiro atoms. The van der Waals surface area contributed by atoms with Crippen LogP contribution in [0.3, 0.4) is 0 Å². The van der Waals surface area contributed by atoms with Gasteiger partial charge in [0.2, 0.25) is 0 Å². The van der Waals surface area contributed by atoms with Gasteiger partial charge in [-0.1, -0.05) is 66.7 Å². The lowest BCUT2D eigenvalue weighted by Gasteiger charge is -2.22. The van der Waals surface area contributed by atoms with Crippen LogP contribution in [0.2, 0.25) is 0 Å². The number of fused-ring (bicyclic) bond motifs is 3. The summed E-state index contributed by atoms with van der Waals surface area (Å²) in [6.45, 7) is 0.498. The molecule has 4 aromatic rings. The van der Waals surface area contributed by atoms with Gasteiger partial charge in [-0.25, -0.2) is 0 Å². The van der Waals surface area contributed by atoms with E-state index in [0.29, 0.717) is 17.2 Å². The van der Waals surface area contributed by atoms with Crippen LogP contribution < -0.4 is 27.2 Å². The number of rotatable bonds is 6. The molecule has 0 saturated heterocycles. The van der Waals surface area contributed by atoms with Crippen molar-refractivity contribution in [2.75, 3.05) is 0 Å². The third-order valence-corrected chi connectivity index (χ3v) is 8.16. The maximum absolute atomic E-state index is 13.6. The predicted octanol–water partition coefficient (Wildman–Crippen LogP) is 3.09. The summed E-state index contributed by atoms with van der Waals surface area (Å²) in [5.41, 5.74) is 3.31. The van der Waals surface area contributed by atoms with Crippen LogP contribution in [-0.4, -0.2) is 20.2 Å². The first-order chi connectivity index (χ1) is 18.1. The Balaban J connectivity index is 1.41. The summed E-state index contributed by atoms with van der Waals surface area (Å²) in [4.78, 5) is 23.7. The third-order valence-electron chi connectivity index (χ3n) is 7.10. The number of thioether (sulfide) groups is 1. The topological polar surface area (TPSA) is 86.5 Å². The predicted molar refractivity (Wildman–Crippen MR) is 146 cm³/mol. The lowest BCUT2D eigenvalue weighted by Crippen LogP contribution is -2.58. The van der Waals surface area contributed by atoms with E-state index in [-0.39, 0.29) is 28.3 Å². The van der Waals surface area contributed by atoms with Crippen molar-refractivity contribution in [3.63, 3.8) is 0 Å². The van der Waals surface area contributed by atoms with E-state index in [0.717, 1.165) is 41.0 Å². The second kappa shape index (κ2) is 9.86. The van der Waals surface area contributed by atoms with Gasteiger partial charge in [0.15, 0.2) is 0 Å². The van der Waals surface area contributed by atoms with Crippen molar-refractivity contribution >= 4 is 16.8 Å². The Kier molecular flexibility index (Phi) is 6.26. The van der Waals surface area contributed by atoms with Crippen molar-refractivity contribution in [2.45, 2.75) is 42.8 Å². The molecule has 0 bridgehead atoms. The molecule has 1 N–H and O–H groups in total. The zero-order valence-corrected chi connectivity index (χ0v) is 21.4. The van der Waals surface area contributed by atoms with Crippen LogP contribution in [0, 0.1) is 0 Å². The molecule has 2 aliphatic rings. The summed E-state index contributed by atoms with van der Waals surface area (Å²) in [5, 5.41) is 15.9. The summed E-state index contributed by atoms with van der Waals surface area (Å²) in [6, 6.07) is 24.2. The third kappa shape index (κ3) is 4.42. The fourth-order valence-electron chi connectivity index (χ4n) is 5.20. The Hall–Kier alpha value is -3.91. The quantitative estimate of drug-likeness (QED) is 0.407. The van der Waals surface area contributed by atoms with E-state index in [1.807, 2.05) is 65.2 Å². The normalized spacial score (nSPS) is 18.6. The number of aromatic nitrogens is 3. The molecule has 3 heterocycles. The molecule has 37 heavy (non-hydrogen) atoms. The molecule has 2 atom stereocenters. The fourth-order valence-corrected chi connectivity index (χ4v) is 6.15. The van der Waals surface area contributed by atoms with Crippen LogP contribution in [0.15, 0.2) is 93.7 Å². The van der Waals surface area contributed by atoms with Crippen molar-refractivity contribution in [1.82, 2.24) is 19.4 Å². The van der Waals surface area contributed by atoms with Gasteiger partial charge in [-0.2, -0.15) is 0 Å². The number of hydrogen-bond donors (Lipinski definition) is 1. The Morgan fingerprint density at radius 3 is 2.59 bits per heavy atom. The SMILES string of the molecule is Cn1c(=O)/c(=C(/NCc2ccc(-c3ccccn3)cc2)Sc2ccccc2)c(=[N-])n2c1=N[C@@H]1CCC[C@@H]12. The minimum atomic E-state index is -0.260. The van der Waals surface area contributed by atoms with Crippen molar-refractivity contribution < 1.29 is 0 Å². The number of benzene rings is 2. The highest BCUT2D eigenvalue weighted by Crippen LogP contribution is 2.32. The van der Waals surface area contributed by atoms with E-state index in [2.05, 4.69) is 22.4 Å². The van der Waals surface area contributed by atoms with Gasteiger partial charge in [0.05, 0.1) is 22.0 Å². The van der Waals surface area contributed by atoms with Gasteiger partial charge in [-0.15, -0.1) is 0 Å². The number of nitrogens with one attached hydrogen (secondary N) is 1. The Labute approximate surface area is 218 Å². The van der Waals surface area contributed by atoms with Gasteiger partial charge < -0.3 is 15.3 Å². The standard InChI is InChI=1S/C29H27N6OS/c1-34-28(36)25(26(30)35-24-12-7-11-23(24)33-29(34)35)27(37-21-8-3-2-4-9-21)32-18-19-13-15-20(16-14-19)22-10-5-6-17-31-22/h2-6,8-10,13-17,23-24,32H,7,11-12,18H2,1H3/q-1/b27-25-/t23-,24+/m1/s1. The molecule has 7 nitrogen and oxygen atoms in total. The molecule has 186 valence electrons. The van der Waals surface area contributed by atoms with Crippen LogP contribution in [0.25, 0.3) is 21.7 Å². The summed E-state index contributed by atoms with van der Waals surface area (Å²) >= 11 is 1.45. The largest absolute Gasteiger partial charge is 0.464 e. The average molecular weight is 508 g/mol. The summed E-state index contributed by atoms with van der Waals surface area (Å²) in [6.07, 6.45) is 4.80. The molecule has 2 aromatic heterocycles. The summed E-state index contributed by atoms with van der Waals surface area (Å²) < 4.78 is 3.44. The zero-order chi connectivity index (χ0) is 25.4. The first kappa shape index (κ1) is 23.5. The minimum absolute atomic E-state index is 0.00678. The molecule has 8 heteroatoms. The van der Waals surface area contributed by atoms with Gasteiger partial charge in [0.1, 0.15) is 5.62 Å². The van der Waals surface area contributed by atoms with Crippen molar-refractivity contribution in [3.8, 4) is 11.3 Å². The lowest BCUT2D eigenvalue weighted by atomic mass is 10.1. The molecule has 0 amide bonds. The van der Waals surface area contributed by atoms with Gasteiger partial charge in [0.25, 0.3) is 5.56 Å². The highest BCUT2D eigenvalue weighted by molar-refractivity contribution is 8.07. The van der Waals surface area contributed by atoms with E-state index in [4.69, 9.17) is 4.99 Å². The maximum atomic E-state index is 13.6. The first-order valence-corrected chi connectivity index (χ1v) is 13.3.